The number of carbonyl (C=O) groups is 1. The number of unbranched alkanes of at least 4 members (excludes halogenated alkanes) is 3. The van der Waals surface area contributed by atoms with Crippen molar-refractivity contribution in [1.29, 1.82) is 0 Å². The molecule has 1 fully saturated rings. The normalized spacial score (nSPS) is 16.9. The monoisotopic (exact) mass is 389 g/mol. The fraction of sp³-hybridized carbons (Fsp3) is 0.440. The van der Waals surface area contributed by atoms with Crippen molar-refractivity contribution in [2.45, 2.75) is 65.3 Å². The van der Waals surface area contributed by atoms with Gasteiger partial charge >= 0.3 is 0 Å². The number of nitrogens with zero attached hydrogens (tertiary/aromatic N) is 3. The minimum atomic E-state index is 0.141. The molecule has 2 heterocycles. The average Bonchev–Trinajstić information content (AvgIpc) is 3.28. The van der Waals surface area contributed by atoms with Gasteiger partial charge in [-0.15, -0.1) is 0 Å². The van der Waals surface area contributed by atoms with E-state index in [0.29, 0.717) is 13.0 Å². The van der Waals surface area contributed by atoms with Gasteiger partial charge in [0.05, 0.1) is 11.0 Å². The Hall–Kier alpha value is -2.62. The van der Waals surface area contributed by atoms with Crippen molar-refractivity contribution in [1.82, 2.24) is 9.55 Å². The zero-order valence-corrected chi connectivity index (χ0v) is 17.8. The molecule has 0 radical (unpaired) electrons. The summed E-state index contributed by atoms with van der Waals surface area (Å²) in [5.74, 6) is 1.41. The summed E-state index contributed by atoms with van der Waals surface area (Å²) < 4.78 is 2.37. The molecule has 3 aromatic rings. The second kappa shape index (κ2) is 8.40. The third-order valence-electron chi connectivity index (χ3n) is 6.21. The molecule has 0 spiro atoms. The quantitative estimate of drug-likeness (QED) is 0.482. The first kappa shape index (κ1) is 19.7. The number of para-hydroxylation sites is 2. The van der Waals surface area contributed by atoms with E-state index in [-0.39, 0.29) is 11.8 Å². The fourth-order valence-corrected chi connectivity index (χ4v) is 4.36. The van der Waals surface area contributed by atoms with Crippen LogP contribution in [-0.4, -0.2) is 22.0 Å². The fourth-order valence-electron chi connectivity index (χ4n) is 4.36. The minimum Gasteiger partial charge on any atom is -0.328 e. The molecule has 1 unspecified atom stereocenters. The van der Waals surface area contributed by atoms with Crippen LogP contribution in [0.1, 0.15) is 61.9 Å². The van der Waals surface area contributed by atoms with Crippen LogP contribution >= 0.6 is 0 Å². The van der Waals surface area contributed by atoms with Crippen LogP contribution in [0.25, 0.3) is 11.0 Å². The summed E-state index contributed by atoms with van der Waals surface area (Å²) in [5.41, 5.74) is 5.71. The van der Waals surface area contributed by atoms with Crippen LogP contribution in [0.2, 0.25) is 0 Å². The van der Waals surface area contributed by atoms with Gasteiger partial charge in [0, 0.05) is 31.1 Å². The summed E-state index contributed by atoms with van der Waals surface area (Å²) in [6.45, 7) is 8.13. The van der Waals surface area contributed by atoms with Gasteiger partial charge in [0.1, 0.15) is 5.82 Å². The van der Waals surface area contributed by atoms with Crippen LogP contribution in [0.5, 0.6) is 0 Å². The van der Waals surface area contributed by atoms with Gasteiger partial charge < -0.3 is 9.47 Å². The molecule has 1 atom stereocenters. The van der Waals surface area contributed by atoms with Gasteiger partial charge in [0.15, 0.2) is 0 Å². The predicted octanol–water partition coefficient (Wildman–Crippen LogP) is 5.75. The van der Waals surface area contributed by atoms with Crippen LogP contribution in [0, 0.1) is 13.8 Å². The molecular weight excluding hydrogens is 358 g/mol. The molecule has 1 aliphatic rings. The van der Waals surface area contributed by atoms with E-state index in [9.17, 15) is 4.79 Å². The Morgan fingerprint density at radius 3 is 2.66 bits per heavy atom. The van der Waals surface area contributed by atoms with E-state index in [2.05, 4.69) is 61.7 Å². The minimum absolute atomic E-state index is 0.141. The molecule has 152 valence electrons. The second-order valence-electron chi connectivity index (χ2n) is 8.34. The lowest BCUT2D eigenvalue weighted by atomic mass is 10.1. The molecule has 1 saturated heterocycles. The molecule has 29 heavy (non-hydrogen) atoms. The summed E-state index contributed by atoms with van der Waals surface area (Å²) in [7, 11) is 0. The van der Waals surface area contributed by atoms with E-state index in [1.54, 1.807) is 0 Å². The Labute approximate surface area is 173 Å². The Bertz CT molecular complexity index is 1020. The number of carbonyl (C=O) groups excluding carboxylic acids is 1. The zero-order chi connectivity index (χ0) is 20.4. The SMILES string of the molecule is CCCCCCn1c(C2CC(=O)N(c3ccc(C)c(C)c3)C2)nc2ccccc21. The number of hydrogen-bond donors (Lipinski definition) is 0. The molecule has 4 nitrogen and oxygen atoms in total. The molecule has 0 aliphatic carbocycles. The lowest BCUT2D eigenvalue weighted by Crippen LogP contribution is -2.24. The second-order valence-corrected chi connectivity index (χ2v) is 8.34. The van der Waals surface area contributed by atoms with Crippen molar-refractivity contribution in [3.8, 4) is 0 Å². The highest BCUT2D eigenvalue weighted by Crippen LogP contribution is 2.34. The highest BCUT2D eigenvalue weighted by molar-refractivity contribution is 5.96. The van der Waals surface area contributed by atoms with Crippen molar-refractivity contribution in [3.63, 3.8) is 0 Å². The van der Waals surface area contributed by atoms with Crippen LogP contribution in [0.4, 0.5) is 5.69 Å². The molecule has 4 rings (SSSR count). The number of amides is 1. The lowest BCUT2D eigenvalue weighted by Gasteiger charge is -2.18. The maximum absolute atomic E-state index is 12.9. The number of fused-ring (bicyclic) bond motifs is 1. The first-order valence-corrected chi connectivity index (χ1v) is 10.9. The van der Waals surface area contributed by atoms with E-state index < -0.39 is 0 Å². The predicted molar refractivity (Wildman–Crippen MR) is 120 cm³/mol. The number of rotatable bonds is 7. The summed E-state index contributed by atoms with van der Waals surface area (Å²) in [4.78, 5) is 19.8. The third kappa shape index (κ3) is 3.93. The smallest absolute Gasteiger partial charge is 0.227 e. The van der Waals surface area contributed by atoms with E-state index in [4.69, 9.17) is 4.98 Å². The van der Waals surface area contributed by atoms with Crippen molar-refractivity contribution in [3.05, 3.63) is 59.4 Å². The summed E-state index contributed by atoms with van der Waals surface area (Å²) in [5, 5.41) is 0. The van der Waals surface area contributed by atoms with Crippen LogP contribution in [0.3, 0.4) is 0 Å². The Morgan fingerprint density at radius 2 is 1.86 bits per heavy atom. The Morgan fingerprint density at radius 1 is 1.03 bits per heavy atom. The van der Waals surface area contributed by atoms with Crippen molar-refractivity contribution in [2.75, 3.05) is 11.4 Å². The molecule has 2 aromatic carbocycles. The third-order valence-corrected chi connectivity index (χ3v) is 6.21. The van der Waals surface area contributed by atoms with Gasteiger partial charge in [-0.25, -0.2) is 4.98 Å². The van der Waals surface area contributed by atoms with Crippen molar-refractivity contribution < 1.29 is 4.79 Å². The summed E-state index contributed by atoms with van der Waals surface area (Å²) in [6, 6.07) is 14.7. The molecule has 1 aromatic heterocycles. The summed E-state index contributed by atoms with van der Waals surface area (Å²) in [6.07, 6.45) is 5.43. The molecule has 0 N–H and O–H groups in total. The Kier molecular flexibility index (Phi) is 5.70. The maximum Gasteiger partial charge on any atom is 0.227 e. The zero-order valence-electron chi connectivity index (χ0n) is 17.8. The van der Waals surface area contributed by atoms with E-state index in [0.717, 1.165) is 30.0 Å². The van der Waals surface area contributed by atoms with Gasteiger partial charge in [0.25, 0.3) is 0 Å². The molecular formula is C25H31N3O. The van der Waals surface area contributed by atoms with E-state index in [1.807, 2.05) is 11.0 Å². The molecule has 4 heteroatoms. The van der Waals surface area contributed by atoms with Gasteiger partial charge in [-0.3, -0.25) is 4.79 Å². The molecule has 0 bridgehead atoms. The van der Waals surface area contributed by atoms with Crippen LogP contribution in [-0.2, 0) is 11.3 Å². The lowest BCUT2D eigenvalue weighted by molar-refractivity contribution is -0.117. The molecule has 0 saturated carbocycles. The molecule has 1 aliphatic heterocycles. The van der Waals surface area contributed by atoms with Crippen LogP contribution in [0.15, 0.2) is 42.5 Å². The van der Waals surface area contributed by atoms with Crippen molar-refractivity contribution >= 4 is 22.6 Å². The number of anilines is 1. The first-order chi connectivity index (χ1) is 14.1. The average molecular weight is 390 g/mol. The highest BCUT2D eigenvalue weighted by atomic mass is 16.2. The largest absolute Gasteiger partial charge is 0.328 e. The maximum atomic E-state index is 12.9. The standard InChI is InChI=1S/C25H31N3O/c1-4-5-6-9-14-27-23-11-8-7-10-22(23)26-25(27)20-16-24(29)28(17-20)21-13-12-18(2)19(3)15-21/h7-8,10-13,15,20H,4-6,9,14,16-17H2,1-3H3. The highest BCUT2D eigenvalue weighted by Gasteiger charge is 2.34. The van der Waals surface area contributed by atoms with Crippen LogP contribution < -0.4 is 4.90 Å². The van der Waals surface area contributed by atoms with Gasteiger partial charge in [-0.05, 0) is 55.7 Å². The molecule has 1 amide bonds. The van der Waals surface area contributed by atoms with E-state index >= 15 is 0 Å². The topological polar surface area (TPSA) is 38.1 Å². The van der Waals surface area contributed by atoms with Gasteiger partial charge in [0.2, 0.25) is 5.91 Å². The van der Waals surface area contributed by atoms with Gasteiger partial charge in [-0.1, -0.05) is 44.4 Å². The number of aromatic nitrogens is 2. The van der Waals surface area contributed by atoms with Gasteiger partial charge in [-0.2, -0.15) is 0 Å². The number of hydrogen-bond acceptors (Lipinski definition) is 2. The Balaban J connectivity index is 1.62. The van der Waals surface area contributed by atoms with Crippen molar-refractivity contribution in [2.24, 2.45) is 0 Å². The number of aryl methyl sites for hydroxylation is 3. The first-order valence-electron chi connectivity index (χ1n) is 10.9. The summed E-state index contributed by atoms with van der Waals surface area (Å²) >= 11 is 0. The van der Waals surface area contributed by atoms with E-state index in [1.165, 1.54) is 35.9 Å². The number of imidazole rings is 1. The number of benzene rings is 2.